The highest BCUT2D eigenvalue weighted by Crippen LogP contribution is 2.27. The monoisotopic (exact) mass is 691 g/mol. The SMILES string of the molecule is COc1ccc(N(CC(=O)N(Cc2cccc(Br)c2)C(Cc2ccccc2)C(=O)NC(C)(C)C)S(=O)(=O)c2ccccc2)cc1. The number of hydrogen-bond acceptors (Lipinski definition) is 5. The Morgan fingerprint density at radius 3 is 2.02 bits per heavy atom. The van der Waals surface area contributed by atoms with Gasteiger partial charge in [-0.1, -0.05) is 76.6 Å². The Morgan fingerprint density at radius 1 is 0.844 bits per heavy atom. The van der Waals surface area contributed by atoms with Crippen molar-refractivity contribution in [3.05, 3.63) is 125 Å². The van der Waals surface area contributed by atoms with E-state index in [2.05, 4.69) is 21.2 Å². The molecule has 0 aliphatic carbocycles. The Morgan fingerprint density at radius 2 is 1.44 bits per heavy atom. The Hall–Kier alpha value is -4.15. The molecule has 1 atom stereocenters. The fourth-order valence-corrected chi connectivity index (χ4v) is 6.72. The molecule has 236 valence electrons. The maximum absolute atomic E-state index is 14.5. The number of methoxy groups -OCH3 is 1. The molecule has 4 rings (SSSR count). The summed E-state index contributed by atoms with van der Waals surface area (Å²) < 4.78 is 35.3. The van der Waals surface area contributed by atoms with Gasteiger partial charge in [0.15, 0.2) is 0 Å². The van der Waals surface area contributed by atoms with Crippen LogP contribution in [0, 0.1) is 0 Å². The average Bonchev–Trinajstić information content (AvgIpc) is 3.01. The molecule has 0 aromatic heterocycles. The predicted octanol–water partition coefficient (Wildman–Crippen LogP) is 6.21. The van der Waals surface area contributed by atoms with E-state index in [1.165, 1.54) is 24.1 Å². The number of hydrogen-bond donors (Lipinski definition) is 1. The largest absolute Gasteiger partial charge is 0.497 e. The first-order valence-corrected chi connectivity index (χ1v) is 16.7. The van der Waals surface area contributed by atoms with Gasteiger partial charge in [0.25, 0.3) is 10.0 Å². The molecule has 8 nitrogen and oxygen atoms in total. The van der Waals surface area contributed by atoms with Crippen LogP contribution in [0.1, 0.15) is 31.9 Å². The Kier molecular flexibility index (Phi) is 11.1. The number of benzene rings is 4. The van der Waals surface area contributed by atoms with Crippen LogP contribution in [0.4, 0.5) is 5.69 Å². The zero-order valence-electron chi connectivity index (χ0n) is 25.8. The van der Waals surface area contributed by atoms with Crippen molar-refractivity contribution in [1.29, 1.82) is 0 Å². The normalized spacial score (nSPS) is 12.2. The lowest BCUT2D eigenvalue weighted by atomic mass is 10.0. The number of amides is 2. The Bertz CT molecular complexity index is 1690. The lowest BCUT2D eigenvalue weighted by Gasteiger charge is -2.35. The molecule has 2 amide bonds. The van der Waals surface area contributed by atoms with E-state index in [0.717, 1.165) is 19.9 Å². The summed E-state index contributed by atoms with van der Waals surface area (Å²) in [5.74, 6) is -0.327. The lowest BCUT2D eigenvalue weighted by molar-refractivity contribution is -0.140. The topological polar surface area (TPSA) is 96.0 Å². The van der Waals surface area contributed by atoms with Gasteiger partial charge >= 0.3 is 0 Å². The van der Waals surface area contributed by atoms with E-state index < -0.39 is 34.1 Å². The van der Waals surface area contributed by atoms with Crippen molar-refractivity contribution in [2.24, 2.45) is 0 Å². The summed E-state index contributed by atoms with van der Waals surface area (Å²) in [5.41, 5.74) is 1.36. The maximum Gasteiger partial charge on any atom is 0.264 e. The van der Waals surface area contributed by atoms with E-state index >= 15 is 0 Å². The van der Waals surface area contributed by atoms with Crippen molar-refractivity contribution in [2.45, 2.75) is 50.2 Å². The van der Waals surface area contributed by atoms with E-state index in [9.17, 15) is 18.0 Å². The minimum Gasteiger partial charge on any atom is -0.497 e. The molecule has 0 aliphatic rings. The van der Waals surface area contributed by atoms with E-state index in [-0.39, 0.29) is 29.5 Å². The van der Waals surface area contributed by atoms with Crippen LogP contribution < -0.4 is 14.4 Å². The minimum absolute atomic E-state index is 0.0402. The van der Waals surface area contributed by atoms with Crippen molar-refractivity contribution in [1.82, 2.24) is 10.2 Å². The second-order valence-corrected chi connectivity index (χ2v) is 14.4. The van der Waals surface area contributed by atoms with Gasteiger partial charge in [-0.2, -0.15) is 0 Å². The summed E-state index contributed by atoms with van der Waals surface area (Å²) in [7, 11) is -2.66. The molecule has 0 radical (unpaired) electrons. The molecule has 0 fully saturated rings. The fourth-order valence-electron chi connectivity index (χ4n) is 4.84. The molecule has 0 aliphatic heterocycles. The third-order valence-electron chi connectivity index (χ3n) is 6.98. The molecule has 0 heterocycles. The number of carbonyl (C=O) groups excluding carboxylic acids is 2. The lowest BCUT2D eigenvalue weighted by Crippen LogP contribution is -2.56. The number of anilines is 1. The minimum atomic E-state index is -4.18. The molecular weight excluding hydrogens is 654 g/mol. The molecule has 0 bridgehead atoms. The number of sulfonamides is 1. The Labute approximate surface area is 274 Å². The van der Waals surface area contributed by atoms with Gasteiger partial charge in [-0.05, 0) is 80.4 Å². The number of nitrogens with zero attached hydrogens (tertiary/aromatic N) is 2. The van der Waals surface area contributed by atoms with Crippen LogP contribution in [0.25, 0.3) is 0 Å². The summed E-state index contributed by atoms with van der Waals surface area (Å²) in [5, 5.41) is 3.04. The highest BCUT2D eigenvalue weighted by atomic mass is 79.9. The van der Waals surface area contributed by atoms with E-state index in [1.54, 1.807) is 42.5 Å². The summed E-state index contributed by atoms with van der Waals surface area (Å²) in [6.45, 7) is 5.18. The van der Waals surface area contributed by atoms with Crippen LogP contribution in [-0.4, -0.2) is 50.4 Å². The van der Waals surface area contributed by atoms with Gasteiger partial charge in [-0.3, -0.25) is 13.9 Å². The molecule has 10 heteroatoms. The zero-order chi connectivity index (χ0) is 32.6. The number of halogens is 1. The van der Waals surface area contributed by atoms with Crippen molar-refractivity contribution >= 4 is 43.5 Å². The van der Waals surface area contributed by atoms with E-state index in [1.807, 2.05) is 75.4 Å². The second-order valence-electron chi connectivity index (χ2n) is 11.6. The number of carbonyl (C=O) groups is 2. The Balaban J connectivity index is 1.81. The summed E-state index contributed by atoms with van der Waals surface area (Å²) in [4.78, 5) is 30.0. The molecule has 1 N–H and O–H groups in total. The van der Waals surface area contributed by atoms with Crippen molar-refractivity contribution in [2.75, 3.05) is 18.0 Å². The molecule has 0 spiro atoms. The van der Waals surface area contributed by atoms with Crippen LogP contribution >= 0.6 is 15.9 Å². The van der Waals surface area contributed by atoms with E-state index in [0.29, 0.717) is 5.75 Å². The van der Waals surface area contributed by atoms with E-state index in [4.69, 9.17) is 4.74 Å². The van der Waals surface area contributed by atoms with Gasteiger partial charge in [0, 0.05) is 23.0 Å². The highest BCUT2D eigenvalue weighted by Gasteiger charge is 2.35. The van der Waals surface area contributed by atoms with Crippen LogP contribution in [0.15, 0.2) is 119 Å². The second kappa shape index (κ2) is 14.8. The van der Waals surface area contributed by atoms with Gasteiger partial charge in [-0.25, -0.2) is 8.42 Å². The van der Waals surface area contributed by atoms with Gasteiger partial charge in [0.05, 0.1) is 17.7 Å². The van der Waals surface area contributed by atoms with Gasteiger partial charge in [0.2, 0.25) is 11.8 Å². The first-order chi connectivity index (χ1) is 21.4. The third kappa shape index (κ3) is 9.18. The summed E-state index contributed by atoms with van der Waals surface area (Å²) >= 11 is 3.50. The van der Waals surface area contributed by atoms with Crippen molar-refractivity contribution in [3.8, 4) is 5.75 Å². The van der Waals surface area contributed by atoms with Crippen molar-refractivity contribution in [3.63, 3.8) is 0 Å². The molecule has 4 aromatic rings. The number of rotatable bonds is 12. The molecule has 1 unspecified atom stereocenters. The predicted molar refractivity (Wildman–Crippen MR) is 180 cm³/mol. The molecule has 4 aromatic carbocycles. The van der Waals surface area contributed by atoms with Crippen LogP contribution in [-0.2, 0) is 32.6 Å². The fraction of sp³-hybridized carbons (Fsp3) is 0.257. The smallest absolute Gasteiger partial charge is 0.264 e. The zero-order valence-corrected chi connectivity index (χ0v) is 28.2. The molecule has 0 saturated heterocycles. The van der Waals surface area contributed by atoms with Crippen LogP contribution in [0.3, 0.4) is 0 Å². The van der Waals surface area contributed by atoms with Crippen molar-refractivity contribution < 1.29 is 22.7 Å². The molecule has 45 heavy (non-hydrogen) atoms. The highest BCUT2D eigenvalue weighted by molar-refractivity contribution is 9.10. The third-order valence-corrected chi connectivity index (χ3v) is 9.26. The first-order valence-electron chi connectivity index (χ1n) is 14.5. The number of ether oxygens (including phenoxy) is 1. The van der Waals surface area contributed by atoms with Crippen LogP contribution in [0.5, 0.6) is 5.75 Å². The standard InChI is InChI=1S/C35H38BrN3O5S/c1-35(2,3)37-34(41)32(23-26-12-7-5-8-13-26)38(24-27-14-11-15-28(36)22-27)33(40)25-39(29-18-20-30(44-4)21-19-29)45(42,43)31-16-9-6-10-17-31/h5-22,32H,23-25H2,1-4H3,(H,37,41). The quantitative estimate of drug-likeness (QED) is 0.191. The summed E-state index contributed by atoms with van der Waals surface area (Å²) in [6, 6.07) is 30.4. The van der Waals surface area contributed by atoms with Gasteiger partial charge in [-0.15, -0.1) is 0 Å². The molecule has 0 saturated carbocycles. The maximum atomic E-state index is 14.5. The number of nitrogens with one attached hydrogen (secondary N) is 1. The van der Waals surface area contributed by atoms with Gasteiger partial charge in [0.1, 0.15) is 18.3 Å². The summed E-state index contributed by atoms with van der Waals surface area (Å²) in [6.07, 6.45) is 0.233. The first kappa shape index (κ1) is 33.7. The molecular formula is C35H38BrN3O5S. The van der Waals surface area contributed by atoms with Crippen LogP contribution in [0.2, 0.25) is 0 Å². The van der Waals surface area contributed by atoms with Gasteiger partial charge < -0.3 is 15.0 Å². The average molecular weight is 693 g/mol.